The Hall–Kier alpha value is -2.30. The van der Waals surface area contributed by atoms with Gasteiger partial charge in [-0.25, -0.2) is 4.79 Å². The van der Waals surface area contributed by atoms with Crippen LogP contribution in [0.4, 0.5) is 4.79 Å². The first kappa shape index (κ1) is 13.1. The average Bonchev–Trinajstić information content (AvgIpc) is 2.75. The Kier molecular flexibility index (Phi) is 3.55. The van der Waals surface area contributed by atoms with Crippen molar-refractivity contribution in [2.75, 3.05) is 13.6 Å². The molecule has 0 aliphatic heterocycles. The summed E-state index contributed by atoms with van der Waals surface area (Å²) in [6, 6.07) is 5.37. The molecule has 1 amide bonds. The molecule has 0 radical (unpaired) electrons. The van der Waals surface area contributed by atoms with Crippen LogP contribution in [-0.2, 0) is 7.05 Å². The lowest BCUT2D eigenvalue weighted by atomic mass is 10.2. The molecule has 0 N–H and O–H groups in total. The van der Waals surface area contributed by atoms with Gasteiger partial charge in [-0.2, -0.15) is 0 Å². The van der Waals surface area contributed by atoms with Crippen molar-refractivity contribution in [1.82, 2.24) is 9.47 Å². The van der Waals surface area contributed by atoms with Crippen molar-refractivity contribution in [2.45, 2.75) is 6.92 Å². The van der Waals surface area contributed by atoms with Gasteiger partial charge in [0.2, 0.25) is 0 Å². The molecule has 19 heavy (non-hydrogen) atoms. The van der Waals surface area contributed by atoms with Crippen molar-refractivity contribution in [3.05, 3.63) is 30.0 Å². The Morgan fingerprint density at radius 3 is 2.84 bits per heavy atom. The first-order valence-corrected chi connectivity index (χ1v) is 6.04. The molecule has 5 heteroatoms. The monoisotopic (exact) mass is 260 g/mol. The van der Waals surface area contributed by atoms with E-state index in [1.807, 2.05) is 24.6 Å². The zero-order valence-electron chi connectivity index (χ0n) is 11.2. The lowest BCUT2D eigenvalue weighted by molar-refractivity contribution is 0.112. The van der Waals surface area contributed by atoms with Crippen LogP contribution < -0.4 is 4.74 Å². The number of aromatic nitrogens is 1. The van der Waals surface area contributed by atoms with E-state index in [-0.39, 0.29) is 0 Å². The molecular weight excluding hydrogens is 244 g/mol. The van der Waals surface area contributed by atoms with E-state index in [0.29, 0.717) is 23.2 Å². The molecule has 100 valence electrons. The fraction of sp³-hybridized carbons (Fsp3) is 0.286. The first-order valence-electron chi connectivity index (χ1n) is 6.04. The van der Waals surface area contributed by atoms with Crippen LogP contribution in [0.3, 0.4) is 0 Å². The Morgan fingerprint density at radius 1 is 1.47 bits per heavy atom. The van der Waals surface area contributed by atoms with Crippen molar-refractivity contribution in [2.24, 2.45) is 7.05 Å². The number of aryl methyl sites for hydroxylation is 1. The van der Waals surface area contributed by atoms with Gasteiger partial charge in [0.1, 0.15) is 5.75 Å². The van der Waals surface area contributed by atoms with E-state index >= 15 is 0 Å². The molecule has 2 rings (SSSR count). The summed E-state index contributed by atoms with van der Waals surface area (Å²) in [5.41, 5.74) is 1.37. The normalized spacial score (nSPS) is 10.5. The number of rotatable bonds is 3. The number of benzene rings is 1. The lowest BCUT2D eigenvalue weighted by Gasteiger charge is -2.14. The Labute approximate surface area is 111 Å². The fourth-order valence-corrected chi connectivity index (χ4v) is 1.92. The highest BCUT2D eigenvalue weighted by Crippen LogP contribution is 2.29. The molecular formula is C14H16N2O3. The van der Waals surface area contributed by atoms with Crippen LogP contribution in [0.15, 0.2) is 24.4 Å². The van der Waals surface area contributed by atoms with E-state index in [4.69, 9.17) is 4.74 Å². The second-order valence-corrected chi connectivity index (χ2v) is 4.35. The molecule has 0 fully saturated rings. The maximum absolute atomic E-state index is 11.8. The highest BCUT2D eigenvalue weighted by molar-refractivity contribution is 6.02. The molecule has 0 saturated carbocycles. The number of hydrogen-bond acceptors (Lipinski definition) is 3. The van der Waals surface area contributed by atoms with Crippen LogP contribution in [-0.4, -0.2) is 35.4 Å². The van der Waals surface area contributed by atoms with Gasteiger partial charge < -0.3 is 14.2 Å². The molecule has 0 aliphatic rings. The van der Waals surface area contributed by atoms with E-state index in [0.717, 1.165) is 11.8 Å². The number of amides is 1. The van der Waals surface area contributed by atoms with Crippen LogP contribution in [0, 0.1) is 0 Å². The van der Waals surface area contributed by atoms with Crippen LogP contribution in [0.2, 0.25) is 0 Å². The maximum atomic E-state index is 11.8. The molecule has 0 unspecified atom stereocenters. The van der Waals surface area contributed by atoms with E-state index in [1.165, 1.54) is 4.90 Å². The van der Waals surface area contributed by atoms with Crippen molar-refractivity contribution in [1.29, 1.82) is 0 Å². The number of nitrogens with zero attached hydrogens (tertiary/aromatic N) is 2. The highest BCUT2D eigenvalue weighted by atomic mass is 16.6. The number of carbonyl (C=O) groups is 2. The smallest absolute Gasteiger partial charge is 0.409 e. The summed E-state index contributed by atoms with van der Waals surface area (Å²) in [5.74, 6) is 0.408. The van der Waals surface area contributed by atoms with E-state index < -0.39 is 6.09 Å². The van der Waals surface area contributed by atoms with Crippen molar-refractivity contribution >= 4 is 23.3 Å². The molecule has 1 aromatic heterocycles. The minimum atomic E-state index is -0.435. The molecule has 2 aromatic rings. The summed E-state index contributed by atoms with van der Waals surface area (Å²) in [6.07, 6.45) is 2.05. The summed E-state index contributed by atoms with van der Waals surface area (Å²) < 4.78 is 7.18. The molecule has 0 atom stereocenters. The van der Waals surface area contributed by atoms with E-state index in [9.17, 15) is 9.59 Å². The number of fused-ring (bicyclic) bond motifs is 1. The van der Waals surface area contributed by atoms with Gasteiger partial charge in [0.05, 0.1) is 10.9 Å². The highest BCUT2D eigenvalue weighted by Gasteiger charge is 2.15. The molecule has 0 bridgehead atoms. The summed E-state index contributed by atoms with van der Waals surface area (Å²) in [4.78, 5) is 24.4. The average molecular weight is 260 g/mol. The summed E-state index contributed by atoms with van der Waals surface area (Å²) in [6.45, 7) is 2.42. The van der Waals surface area contributed by atoms with Gasteiger partial charge in [0, 0.05) is 32.4 Å². The summed E-state index contributed by atoms with van der Waals surface area (Å²) in [7, 11) is 3.51. The quantitative estimate of drug-likeness (QED) is 0.796. The number of hydrogen-bond donors (Lipinski definition) is 0. The minimum absolute atomic E-state index is 0.408. The van der Waals surface area contributed by atoms with E-state index in [1.54, 1.807) is 25.4 Å². The molecule has 0 saturated heterocycles. The summed E-state index contributed by atoms with van der Waals surface area (Å²) in [5, 5.41) is 0.665. The standard InChI is InChI=1S/C14H16N2O3/c1-4-15(2)14(18)19-12-7-5-6-11-13(12)10(9-17)8-16(11)3/h5-9H,4H2,1-3H3. The van der Waals surface area contributed by atoms with Gasteiger partial charge in [-0.1, -0.05) is 6.07 Å². The van der Waals surface area contributed by atoms with Gasteiger partial charge in [-0.15, -0.1) is 0 Å². The Bertz CT molecular complexity index is 631. The number of aldehydes is 1. The minimum Gasteiger partial charge on any atom is -0.409 e. The molecule has 0 aliphatic carbocycles. The predicted molar refractivity (Wildman–Crippen MR) is 72.6 cm³/mol. The second-order valence-electron chi connectivity index (χ2n) is 4.35. The van der Waals surface area contributed by atoms with E-state index in [2.05, 4.69) is 0 Å². The van der Waals surface area contributed by atoms with Crippen LogP contribution >= 0.6 is 0 Å². The third-order valence-electron chi connectivity index (χ3n) is 3.12. The largest absolute Gasteiger partial charge is 0.414 e. The molecule has 1 aromatic carbocycles. The Balaban J connectivity index is 2.49. The molecule has 0 spiro atoms. The van der Waals surface area contributed by atoms with Gasteiger partial charge in [0.25, 0.3) is 0 Å². The second kappa shape index (κ2) is 5.14. The zero-order chi connectivity index (χ0) is 14.0. The third-order valence-corrected chi connectivity index (χ3v) is 3.12. The molecule has 5 nitrogen and oxygen atoms in total. The Morgan fingerprint density at radius 2 is 2.21 bits per heavy atom. The van der Waals surface area contributed by atoms with Gasteiger partial charge in [0.15, 0.2) is 6.29 Å². The van der Waals surface area contributed by atoms with Gasteiger partial charge >= 0.3 is 6.09 Å². The maximum Gasteiger partial charge on any atom is 0.414 e. The van der Waals surface area contributed by atoms with Gasteiger partial charge in [-0.3, -0.25) is 4.79 Å². The topological polar surface area (TPSA) is 51.5 Å². The third kappa shape index (κ3) is 2.31. The predicted octanol–water partition coefficient (Wildman–Crippen LogP) is 2.44. The van der Waals surface area contributed by atoms with Crippen LogP contribution in [0.1, 0.15) is 17.3 Å². The first-order chi connectivity index (χ1) is 9.08. The van der Waals surface area contributed by atoms with Crippen molar-refractivity contribution in [3.63, 3.8) is 0 Å². The number of ether oxygens (including phenoxy) is 1. The van der Waals surface area contributed by atoms with Crippen molar-refractivity contribution in [3.8, 4) is 5.75 Å². The fourth-order valence-electron chi connectivity index (χ4n) is 1.92. The van der Waals surface area contributed by atoms with Gasteiger partial charge in [-0.05, 0) is 19.1 Å². The number of carbonyl (C=O) groups excluding carboxylic acids is 2. The van der Waals surface area contributed by atoms with Crippen LogP contribution in [0.5, 0.6) is 5.75 Å². The van der Waals surface area contributed by atoms with Crippen molar-refractivity contribution < 1.29 is 14.3 Å². The SMILES string of the molecule is CCN(C)C(=O)Oc1cccc2c1c(C=O)cn2C. The summed E-state index contributed by atoms with van der Waals surface area (Å²) >= 11 is 0. The van der Waals surface area contributed by atoms with Crippen LogP contribution in [0.25, 0.3) is 10.9 Å². The lowest BCUT2D eigenvalue weighted by Crippen LogP contribution is -2.29. The molecule has 1 heterocycles. The zero-order valence-corrected chi connectivity index (χ0v) is 11.2.